The van der Waals surface area contributed by atoms with Crippen LogP contribution in [0.3, 0.4) is 0 Å². The predicted octanol–water partition coefficient (Wildman–Crippen LogP) is 3.83. The highest BCUT2D eigenvalue weighted by Crippen LogP contribution is 2.30. The summed E-state index contributed by atoms with van der Waals surface area (Å²) in [5.74, 6) is -0.482. The van der Waals surface area contributed by atoms with Crippen molar-refractivity contribution in [2.24, 2.45) is 0 Å². The Hall–Kier alpha value is -4.55. The third-order valence-electron chi connectivity index (χ3n) is 7.45. The van der Waals surface area contributed by atoms with Crippen LogP contribution < -0.4 is 20.4 Å². The van der Waals surface area contributed by atoms with Crippen molar-refractivity contribution in [2.45, 2.75) is 6.92 Å². The van der Waals surface area contributed by atoms with Crippen molar-refractivity contribution in [1.29, 1.82) is 0 Å². The Morgan fingerprint density at radius 1 is 0.905 bits per heavy atom. The number of anilines is 3. The highest BCUT2D eigenvalue weighted by Gasteiger charge is 2.25. The SMILES string of the molecule is Cc1ccccc1C(=O)N1CCN(c2ccc(NC(=S)NC(=O)c3ccc(N4CCOCC4)c([N+](=O)[O-])c3)cc2)CC1. The molecule has 218 valence electrons. The van der Waals surface area contributed by atoms with E-state index in [1.165, 1.54) is 6.07 Å². The minimum absolute atomic E-state index is 0.0607. The number of nitrogens with one attached hydrogen (secondary N) is 2. The van der Waals surface area contributed by atoms with Gasteiger partial charge in [0.05, 0.1) is 18.1 Å². The van der Waals surface area contributed by atoms with Gasteiger partial charge in [-0.3, -0.25) is 25.0 Å². The Bertz CT molecular complexity index is 1480. The van der Waals surface area contributed by atoms with E-state index in [1.807, 2.05) is 65.3 Å². The van der Waals surface area contributed by atoms with E-state index in [9.17, 15) is 19.7 Å². The first kappa shape index (κ1) is 29.0. The summed E-state index contributed by atoms with van der Waals surface area (Å²) in [6.07, 6.45) is 0. The quantitative estimate of drug-likeness (QED) is 0.252. The molecule has 42 heavy (non-hydrogen) atoms. The van der Waals surface area contributed by atoms with E-state index >= 15 is 0 Å². The normalized spacial score (nSPS) is 15.2. The average Bonchev–Trinajstić information content (AvgIpc) is 3.01. The number of hydrogen-bond acceptors (Lipinski definition) is 8. The van der Waals surface area contributed by atoms with E-state index in [0.29, 0.717) is 50.8 Å². The molecular weight excluding hydrogens is 556 g/mol. The molecule has 2 amide bonds. The number of ether oxygens (including phenoxy) is 1. The number of benzene rings is 3. The lowest BCUT2D eigenvalue weighted by atomic mass is 10.1. The third-order valence-corrected chi connectivity index (χ3v) is 7.65. The topological polar surface area (TPSA) is 120 Å². The van der Waals surface area contributed by atoms with Gasteiger partial charge >= 0.3 is 0 Å². The molecule has 0 atom stereocenters. The Kier molecular flexibility index (Phi) is 8.94. The van der Waals surface area contributed by atoms with Crippen LogP contribution in [0.4, 0.5) is 22.7 Å². The molecule has 2 aliphatic rings. The van der Waals surface area contributed by atoms with Gasteiger partial charge in [-0.15, -0.1) is 0 Å². The summed E-state index contributed by atoms with van der Waals surface area (Å²) in [4.78, 5) is 43.0. The van der Waals surface area contributed by atoms with E-state index < -0.39 is 10.8 Å². The molecule has 2 heterocycles. The molecule has 3 aromatic rings. The van der Waals surface area contributed by atoms with E-state index in [1.54, 1.807) is 12.1 Å². The first-order chi connectivity index (χ1) is 20.3. The van der Waals surface area contributed by atoms with Crippen LogP contribution in [0.15, 0.2) is 66.7 Å². The van der Waals surface area contributed by atoms with Gasteiger partial charge in [0.25, 0.3) is 17.5 Å². The second kappa shape index (κ2) is 13.0. The van der Waals surface area contributed by atoms with Crippen molar-refractivity contribution in [2.75, 3.05) is 67.6 Å². The lowest BCUT2D eigenvalue weighted by Crippen LogP contribution is -2.48. The Morgan fingerprint density at radius 3 is 2.26 bits per heavy atom. The van der Waals surface area contributed by atoms with Gasteiger partial charge < -0.3 is 24.8 Å². The molecule has 5 rings (SSSR count). The van der Waals surface area contributed by atoms with Gasteiger partial charge in [-0.2, -0.15) is 0 Å². The molecule has 11 nitrogen and oxygen atoms in total. The fourth-order valence-electron chi connectivity index (χ4n) is 5.13. The minimum atomic E-state index is -0.543. The monoisotopic (exact) mass is 588 g/mol. The van der Waals surface area contributed by atoms with Crippen molar-refractivity contribution in [3.63, 3.8) is 0 Å². The lowest BCUT2D eigenvalue weighted by Gasteiger charge is -2.36. The number of thiocarbonyl (C=S) groups is 1. The second-order valence-corrected chi connectivity index (χ2v) is 10.5. The molecule has 0 saturated carbocycles. The van der Waals surface area contributed by atoms with Gasteiger partial charge in [-0.1, -0.05) is 18.2 Å². The standard InChI is InChI=1S/C30H32N6O5S/c1-21-4-2-3-5-25(21)29(38)35-14-12-33(13-15-35)24-9-7-23(8-10-24)31-30(42)32-28(37)22-6-11-26(27(20-22)36(39)40)34-16-18-41-19-17-34/h2-11,20H,12-19H2,1H3,(H2,31,32,37,42). The first-order valence-electron chi connectivity index (χ1n) is 13.7. The predicted molar refractivity (Wildman–Crippen MR) is 166 cm³/mol. The van der Waals surface area contributed by atoms with Crippen molar-refractivity contribution in [3.8, 4) is 0 Å². The summed E-state index contributed by atoms with van der Waals surface area (Å²) in [5.41, 5.74) is 3.88. The molecule has 0 aromatic heterocycles. The number of morpholine rings is 1. The Morgan fingerprint density at radius 2 is 1.60 bits per heavy atom. The zero-order chi connectivity index (χ0) is 29.6. The maximum absolute atomic E-state index is 12.9. The van der Waals surface area contributed by atoms with E-state index in [-0.39, 0.29) is 22.3 Å². The van der Waals surface area contributed by atoms with E-state index in [4.69, 9.17) is 17.0 Å². The zero-order valence-corrected chi connectivity index (χ0v) is 24.1. The molecule has 3 aromatic carbocycles. The summed E-state index contributed by atoms with van der Waals surface area (Å²) >= 11 is 5.32. The summed E-state index contributed by atoms with van der Waals surface area (Å²) in [5, 5.41) is 17.4. The molecule has 0 spiro atoms. The molecule has 2 aliphatic heterocycles. The van der Waals surface area contributed by atoms with Crippen LogP contribution in [0.5, 0.6) is 0 Å². The minimum Gasteiger partial charge on any atom is -0.378 e. The molecule has 12 heteroatoms. The van der Waals surface area contributed by atoms with Crippen LogP contribution in [0, 0.1) is 17.0 Å². The van der Waals surface area contributed by atoms with Crippen molar-refractivity contribution >= 4 is 51.9 Å². The van der Waals surface area contributed by atoms with Crippen LogP contribution in [-0.2, 0) is 4.74 Å². The maximum atomic E-state index is 12.9. The molecule has 2 fully saturated rings. The van der Waals surface area contributed by atoms with Crippen molar-refractivity contribution in [1.82, 2.24) is 10.2 Å². The number of carbonyl (C=O) groups excluding carboxylic acids is 2. The van der Waals surface area contributed by atoms with Gasteiger partial charge in [0.1, 0.15) is 5.69 Å². The van der Waals surface area contributed by atoms with Gasteiger partial charge in [0.15, 0.2) is 5.11 Å². The third kappa shape index (κ3) is 6.67. The molecular formula is C30H32N6O5S. The number of carbonyl (C=O) groups is 2. The van der Waals surface area contributed by atoms with Crippen LogP contribution in [0.25, 0.3) is 0 Å². The van der Waals surface area contributed by atoms with Gasteiger partial charge in [-0.25, -0.2) is 0 Å². The van der Waals surface area contributed by atoms with Crippen LogP contribution in [-0.4, -0.2) is 79.2 Å². The molecule has 2 saturated heterocycles. The number of nitrogens with zero attached hydrogens (tertiary/aromatic N) is 4. The van der Waals surface area contributed by atoms with Gasteiger partial charge in [0, 0.05) is 67.8 Å². The molecule has 0 aliphatic carbocycles. The number of hydrogen-bond donors (Lipinski definition) is 2. The number of rotatable bonds is 6. The van der Waals surface area contributed by atoms with Gasteiger partial charge in [-0.05, 0) is 67.2 Å². The number of nitro benzene ring substituents is 1. The lowest BCUT2D eigenvalue weighted by molar-refractivity contribution is -0.384. The maximum Gasteiger partial charge on any atom is 0.293 e. The molecule has 0 radical (unpaired) electrons. The number of piperazine rings is 1. The fourth-order valence-corrected chi connectivity index (χ4v) is 5.34. The highest BCUT2D eigenvalue weighted by molar-refractivity contribution is 7.80. The molecule has 0 bridgehead atoms. The average molecular weight is 589 g/mol. The van der Waals surface area contributed by atoms with Crippen molar-refractivity contribution in [3.05, 3.63) is 93.5 Å². The zero-order valence-electron chi connectivity index (χ0n) is 23.2. The van der Waals surface area contributed by atoms with Crippen molar-refractivity contribution < 1.29 is 19.2 Å². The summed E-state index contributed by atoms with van der Waals surface area (Å²) < 4.78 is 5.33. The second-order valence-electron chi connectivity index (χ2n) is 10.1. The molecule has 2 N–H and O–H groups in total. The summed E-state index contributed by atoms with van der Waals surface area (Å²) in [6.45, 7) is 6.73. The summed E-state index contributed by atoms with van der Waals surface area (Å²) in [6, 6.07) is 19.7. The first-order valence-corrected chi connectivity index (χ1v) is 14.1. The Labute approximate surface area is 249 Å². The smallest absolute Gasteiger partial charge is 0.293 e. The largest absolute Gasteiger partial charge is 0.378 e. The highest BCUT2D eigenvalue weighted by atomic mass is 32.1. The van der Waals surface area contributed by atoms with Gasteiger partial charge in [0.2, 0.25) is 0 Å². The molecule has 0 unspecified atom stereocenters. The number of amides is 2. The van der Waals surface area contributed by atoms with Crippen LogP contribution in [0.2, 0.25) is 0 Å². The van der Waals surface area contributed by atoms with Crippen LogP contribution in [0.1, 0.15) is 26.3 Å². The van der Waals surface area contributed by atoms with Crippen LogP contribution >= 0.6 is 12.2 Å². The Balaban J connectivity index is 1.14. The number of nitro groups is 1. The summed E-state index contributed by atoms with van der Waals surface area (Å²) in [7, 11) is 0. The van der Waals surface area contributed by atoms with E-state index in [2.05, 4.69) is 15.5 Å². The number of aryl methyl sites for hydroxylation is 1. The fraction of sp³-hybridized carbons (Fsp3) is 0.300. The van der Waals surface area contributed by atoms with E-state index in [0.717, 1.165) is 29.9 Å².